The highest BCUT2D eigenvalue weighted by Gasteiger charge is 2.68. The molecule has 2 saturated heterocycles. The largest absolute Gasteiger partial charge is 0.463 e. The van der Waals surface area contributed by atoms with E-state index < -0.39 is 5.79 Å². The summed E-state index contributed by atoms with van der Waals surface area (Å²) in [6.45, 7) is 13.4. The topological polar surface area (TPSA) is 76.1 Å². The Bertz CT molecular complexity index is 954. The molecule has 0 aromatic carbocycles. The fourth-order valence-corrected chi connectivity index (χ4v) is 11.6. The number of rotatable bonds is 1. The van der Waals surface area contributed by atoms with Gasteiger partial charge in [-0.3, -0.25) is 9.59 Å². The second kappa shape index (κ2) is 8.68. The molecule has 6 nitrogen and oxygen atoms in total. The van der Waals surface area contributed by atoms with Crippen LogP contribution in [0.25, 0.3) is 0 Å². The van der Waals surface area contributed by atoms with E-state index >= 15 is 0 Å². The summed E-state index contributed by atoms with van der Waals surface area (Å²) in [6.07, 6.45) is 10.00. The van der Waals surface area contributed by atoms with Crippen LogP contribution < -0.4 is 0 Å². The number of nitrogens with zero attached hydrogens (tertiary/aromatic N) is 1. The summed E-state index contributed by atoms with van der Waals surface area (Å²) in [5, 5.41) is 11.9. The van der Waals surface area contributed by atoms with Crippen LogP contribution in [0.5, 0.6) is 0 Å². The van der Waals surface area contributed by atoms with Crippen molar-refractivity contribution >= 4 is 11.9 Å². The molecule has 6 aliphatic rings. The van der Waals surface area contributed by atoms with Crippen LogP contribution in [0.15, 0.2) is 0 Å². The van der Waals surface area contributed by atoms with Gasteiger partial charge in [-0.05, 0) is 104 Å². The Hall–Kier alpha value is -1.14. The van der Waals surface area contributed by atoms with Crippen molar-refractivity contribution in [1.29, 1.82) is 0 Å². The molecular formula is C31H49NO5. The second-order valence-electron chi connectivity index (χ2n) is 14.8. The van der Waals surface area contributed by atoms with Gasteiger partial charge in [0, 0.05) is 26.8 Å². The van der Waals surface area contributed by atoms with Crippen molar-refractivity contribution in [1.82, 2.24) is 4.90 Å². The van der Waals surface area contributed by atoms with E-state index in [0.717, 1.165) is 31.6 Å². The quantitative estimate of drug-likeness (QED) is 0.488. The Morgan fingerprint density at radius 2 is 1.70 bits per heavy atom. The molecule has 0 spiro atoms. The minimum absolute atomic E-state index is 0.0582. The molecular weight excluding hydrogens is 466 g/mol. The maximum absolute atomic E-state index is 12.7. The fraction of sp³-hybridized carbons (Fsp3) is 0.935. The highest BCUT2D eigenvalue weighted by Crippen LogP contribution is 2.70. The summed E-state index contributed by atoms with van der Waals surface area (Å²) < 4.78 is 12.4. The number of likely N-dealkylation sites (tertiary alicyclic amines) is 1. The molecule has 6 fully saturated rings. The predicted molar refractivity (Wildman–Crippen MR) is 140 cm³/mol. The van der Waals surface area contributed by atoms with Crippen molar-refractivity contribution in [3.63, 3.8) is 0 Å². The lowest BCUT2D eigenvalue weighted by molar-refractivity contribution is -0.329. The van der Waals surface area contributed by atoms with Crippen LogP contribution in [0.2, 0.25) is 0 Å². The van der Waals surface area contributed by atoms with Gasteiger partial charge in [-0.15, -0.1) is 0 Å². The number of hydrogen-bond acceptors (Lipinski definition) is 5. The number of hydrogen-bond donors (Lipinski definition) is 1. The number of esters is 1. The maximum atomic E-state index is 12.7. The van der Waals surface area contributed by atoms with Crippen LogP contribution in [0.1, 0.15) is 99.3 Å². The number of fused-ring (bicyclic) bond motifs is 8. The number of aliphatic hydroxyl groups is 1. The average molecular weight is 516 g/mol. The Balaban J connectivity index is 1.27. The fourth-order valence-electron chi connectivity index (χ4n) is 11.6. The molecule has 6 rings (SSSR count). The van der Waals surface area contributed by atoms with Crippen LogP contribution in [0.4, 0.5) is 0 Å². The second-order valence-corrected chi connectivity index (χ2v) is 14.8. The van der Waals surface area contributed by atoms with Crippen LogP contribution in [-0.4, -0.2) is 52.5 Å². The first-order valence-corrected chi connectivity index (χ1v) is 15.2. The molecule has 37 heavy (non-hydrogen) atoms. The van der Waals surface area contributed by atoms with E-state index in [2.05, 4.69) is 27.7 Å². The molecule has 4 saturated carbocycles. The lowest BCUT2D eigenvalue weighted by Crippen LogP contribution is -2.69. The van der Waals surface area contributed by atoms with Gasteiger partial charge in [0.2, 0.25) is 5.91 Å². The van der Waals surface area contributed by atoms with Crippen LogP contribution in [0.3, 0.4) is 0 Å². The van der Waals surface area contributed by atoms with Gasteiger partial charge >= 0.3 is 5.97 Å². The highest BCUT2D eigenvalue weighted by molar-refractivity contribution is 5.74. The summed E-state index contributed by atoms with van der Waals surface area (Å²) in [4.78, 5) is 26.3. The zero-order chi connectivity index (χ0) is 26.5. The smallest absolute Gasteiger partial charge is 0.302 e. The summed E-state index contributed by atoms with van der Waals surface area (Å²) in [7, 11) is 0. The minimum Gasteiger partial charge on any atom is -0.463 e. The molecule has 13 atom stereocenters. The van der Waals surface area contributed by atoms with Crippen molar-refractivity contribution in [3.05, 3.63) is 0 Å². The molecule has 0 aromatic heterocycles. The molecule has 208 valence electrons. The molecule has 2 heterocycles. The van der Waals surface area contributed by atoms with Gasteiger partial charge in [-0.1, -0.05) is 27.7 Å². The van der Waals surface area contributed by atoms with Crippen LogP contribution in [0, 0.1) is 52.3 Å². The van der Waals surface area contributed by atoms with E-state index in [1.165, 1.54) is 32.6 Å². The molecule has 13 unspecified atom stereocenters. The molecule has 0 aromatic rings. The lowest BCUT2D eigenvalue weighted by Gasteiger charge is -2.62. The third-order valence-corrected chi connectivity index (χ3v) is 12.8. The first-order valence-electron chi connectivity index (χ1n) is 15.2. The standard InChI is InChI=1S/C31H49NO5/c1-17-15-31(35)28(32(16-17)19(3)33)18(2)27-26(37-31)14-25-23-8-7-21-13-22(36-20(4)34)9-11-29(21,5)24(23)10-12-30(25,27)6/h17-18,21-28,35H,7-16H2,1-6H3. The molecule has 0 radical (unpaired) electrons. The van der Waals surface area contributed by atoms with Gasteiger partial charge in [0.05, 0.1) is 12.1 Å². The minimum atomic E-state index is -1.23. The van der Waals surface area contributed by atoms with Gasteiger partial charge in [-0.25, -0.2) is 0 Å². The third kappa shape index (κ3) is 3.77. The predicted octanol–water partition coefficient (Wildman–Crippen LogP) is 5.17. The van der Waals surface area contributed by atoms with Gasteiger partial charge in [0.15, 0.2) is 5.79 Å². The van der Waals surface area contributed by atoms with E-state index in [1.54, 1.807) is 6.92 Å². The van der Waals surface area contributed by atoms with Crippen molar-refractivity contribution in [2.75, 3.05) is 6.54 Å². The Morgan fingerprint density at radius 3 is 2.41 bits per heavy atom. The summed E-state index contributed by atoms with van der Waals surface area (Å²) in [5.41, 5.74) is 0.518. The lowest BCUT2D eigenvalue weighted by atomic mass is 9.44. The number of ether oxygens (including phenoxy) is 2. The monoisotopic (exact) mass is 515 g/mol. The highest BCUT2D eigenvalue weighted by atomic mass is 16.6. The van der Waals surface area contributed by atoms with E-state index in [4.69, 9.17) is 9.47 Å². The SMILES string of the molecule is CC(=O)OC1CCC2(C)C(CCC3C2CCC2(C)C3CC3OC4(O)CC(C)CN(C(C)=O)C4C(C)C32)C1. The van der Waals surface area contributed by atoms with E-state index in [0.29, 0.717) is 42.1 Å². The van der Waals surface area contributed by atoms with Crippen molar-refractivity contribution in [3.8, 4) is 0 Å². The number of carbonyl (C=O) groups excluding carboxylic acids is 2. The van der Waals surface area contributed by atoms with Crippen molar-refractivity contribution in [2.45, 2.75) is 123 Å². The molecule has 1 N–H and O–H groups in total. The summed E-state index contributed by atoms with van der Waals surface area (Å²) in [5.74, 6) is 2.19. The van der Waals surface area contributed by atoms with Gasteiger partial charge in [-0.2, -0.15) is 0 Å². The number of piperidine rings is 1. The first-order chi connectivity index (χ1) is 17.4. The van der Waals surface area contributed by atoms with Crippen LogP contribution in [-0.2, 0) is 19.1 Å². The zero-order valence-electron chi connectivity index (χ0n) is 23.9. The molecule has 6 heteroatoms. The van der Waals surface area contributed by atoms with E-state index in [9.17, 15) is 14.7 Å². The van der Waals surface area contributed by atoms with Gasteiger partial charge < -0.3 is 19.5 Å². The van der Waals surface area contributed by atoms with Gasteiger partial charge in [0.1, 0.15) is 6.10 Å². The zero-order valence-corrected chi connectivity index (χ0v) is 23.9. The van der Waals surface area contributed by atoms with Crippen LogP contribution >= 0.6 is 0 Å². The summed E-state index contributed by atoms with van der Waals surface area (Å²) >= 11 is 0. The summed E-state index contributed by atoms with van der Waals surface area (Å²) in [6, 6.07) is -0.249. The Morgan fingerprint density at radius 1 is 0.973 bits per heavy atom. The number of carbonyl (C=O) groups is 2. The maximum Gasteiger partial charge on any atom is 0.302 e. The Kier molecular flexibility index (Phi) is 6.12. The van der Waals surface area contributed by atoms with E-state index in [1.807, 2.05) is 4.90 Å². The first kappa shape index (κ1) is 26.1. The molecule has 4 aliphatic carbocycles. The van der Waals surface area contributed by atoms with Crippen molar-refractivity contribution in [2.24, 2.45) is 52.3 Å². The molecule has 1 amide bonds. The molecule has 0 bridgehead atoms. The normalized spacial score (nSPS) is 54.7. The Labute approximate surface area is 223 Å². The molecule has 2 aliphatic heterocycles. The number of amides is 1. The average Bonchev–Trinajstić information content (AvgIpc) is 3.09. The van der Waals surface area contributed by atoms with E-state index in [-0.39, 0.29) is 47.4 Å². The third-order valence-electron chi connectivity index (χ3n) is 12.8. The van der Waals surface area contributed by atoms with Crippen molar-refractivity contribution < 1.29 is 24.2 Å². The van der Waals surface area contributed by atoms with Gasteiger partial charge in [0.25, 0.3) is 0 Å².